The molecule has 0 bridgehead atoms. The van der Waals surface area contributed by atoms with Gasteiger partial charge in [-0.2, -0.15) is 4.80 Å². The van der Waals surface area contributed by atoms with Gasteiger partial charge in [-0.1, -0.05) is 93.6 Å². The first-order valence-corrected chi connectivity index (χ1v) is 13.2. The summed E-state index contributed by atoms with van der Waals surface area (Å²) in [5.41, 5.74) is 9.90. The van der Waals surface area contributed by atoms with E-state index in [-0.39, 0.29) is 5.41 Å². The second kappa shape index (κ2) is 8.84. The van der Waals surface area contributed by atoms with Crippen molar-refractivity contribution in [3.8, 4) is 28.2 Å². The Morgan fingerprint density at radius 2 is 0.974 bits per heavy atom. The molecule has 0 aliphatic heterocycles. The zero-order valence-corrected chi connectivity index (χ0v) is 22.1. The van der Waals surface area contributed by atoms with Gasteiger partial charge in [-0.25, -0.2) is 9.97 Å². The Hall–Kier alpha value is -4.90. The van der Waals surface area contributed by atoms with Crippen LogP contribution in [0.4, 0.5) is 0 Å². The summed E-state index contributed by atoms with van der Waals surface area (Å²) in [6, 6.07) is 37.5. The van der Waals surface area contributed by atoms with Crippen LogP contribution in [-0.4, -0.2) is 25.0 Å². The Kier molecular flexibility index (Phi) is 5.27. The van der Waals surface area contributed by atoms with Crippen LogP contribution in [0.1, 0.15) is 26.3 Å². The standard InChI is InChI=1S/C34H27N5/c1-34(2,3)26-16-10-22(11-17-26)28-20-14-24-8-9-25-15-21-29(36-33(25)32(24)35-28)23-12-18-27(19-13-23)39-37-30-6-4-5-7-31(30)38-39/h4-21H,1-3H3. The maximum absolute atomic E-state index is 5.09. The fraction of sp³-hybridized carbons (Fsp3) is 0.118. The van der Waals surface area contributed by atoms with E-state index in [0.29, 0.717) is 0 Å². The summed E-state index contributed by atoms with van der Waals surface area (Å²) in [5, 5.41) is 11.3. The summed E-state index contributed by atoms with van der Waals surface area (Å²) in [6.07, 6.45) is 0. The number of pyridine rings is 2. The Morgan fingerprint density at radius 1 is 0.513 bits per heavy atom. The molecule has 0 radical (unpaired) electrons. The average molecular weight is 506 g/mol. The average Bonchev–Trinajstić information content (AvgIpc) is 3.41. The highest BCUT2D eigenvalue weighted by Gasteiger charge is 2.14. The zero-order chi connectivity index (χ0) is 26.6. The van der Waals surface area contributed by atoms with Crippen molar-refractivity contribution in [3.63, 3.8) is 0 Å². The molecular weight excluding hydrogens is 478 g/mol. The summed E-state index contributed by atoms with van der Waals surface area (Å²) in [4.78, 5) is 11.9. The molecule has 0 unspecified atom stereocenters. The van der Waals surface area contributed by atoms with Crippen molar-refractivity contribution in [2.45, 2.75) is 26.2 Å². The fourth-order valence-electron chi connectivity index (χ4n) is 4.97. The predicted octanol–water partition coefficient (Wildman–Crippen LogP) is 8.15. The third kappa shape index (κ3) is 4.22. The van der Waals surface area contributed by atoms with Gasteiger partial charge in [0.1, 0.15) is 11.0 Å². The van der Waals surface area contributed by atoms with Crippen molar-refractivity contribution in [1.82, 2.24) is 25.0 Å². The summed E-state index contributed by atoms with van der Waals surface area (Å²) in [5.74, 6) is 0. The maximum Gasteiger partial charge on any atom is 0.113 e. The first kappa shape index (κ1) is 23.2. The molecule has 7 rings (SSSR count). The molecule has 0 amide bonds. The van der Waals surface area contributed by atoms with Crippen LogP contribution in [0, 0.1) is 0 Å². The molecule has 0 saturated heterocycles. The topological polar surface area (TPSA) is 56.5 Å². The molecule has 5 heteroatoms. The predicted molar refractivity (Wildman–Crippen MR) is 159 cm³/mol. The molecule has 3 aromatic heterocycles. The summed E-state index contributed by atoms with van der Waals surface area (Å²) in [7, 11) is 0. The molecule has 0 aliphatic carbocycles. The van der Waals surface area contributed by atoms with E-state index in [9.17, 15) is 0 Å². The quantitative estimate of drug-likeness (QED) is 0.227. The minimum atomic E-state index is 0.118. The molecule has 0 spiro atoms. The highest BCUT2D eigenvalue weighted by Crippen LogP contribution is 2.30. The van der Waals surface area contributed by atoms with Crippen molar-refractivity contribution in [2.24, 2.45) is 0 Å². The molecule has 0 fully saturated rings. The lowest BCUT2D eigenvalue weighted by molar-refractivity contribution is 0.590. The summed E-state index contributed by atoms with van der Waals surface area (Å²) >= 11 is 0. The fourth-order valence-corrected chi connectivity index (χ4v) is 4.97. The molecule has 0 saturated carbocycles. The first-order chi connectivity index (χ1) is 18.9. The van der Waals surface area contributed by atoms with Gasteiger partial charge in [0, 0.05) is 21.9 Å². The van der Waals surface area contributed by atoms with Gasteiger partial charge in [0.05, 0.1) is 28.1 Å². The van der Waals surface area contributed by atoms with Crippen molar-refractivity contribution in [2.75, 3.05) is 0 Å². The maximum atomic E-state index is 5.09. The van der Waals surface area contributed by atoms with Gasteiger partial charge in [0.25, 0.3) is 0 Å². The van der Waals surface area contributed by atoms with Crippen molar-refractivity contribution < 1.29 is 0 Å². The minimum absolute atomic E-state index is 0.118. The van der Waals surface area contributed by atoms with Crippen LogP contribution in [0.25, 0.3) is 61.0 Å². The third-order valence-electron chi connectivity index (χ3n) is 7.25. The van der Waals surface area contributed by atoms with Crippen LogP contribution in [0.5, 0.6) is 0 Å². The Labute approximate surface area is 226 Å². The van der Waals surface area contributed by atoms with Crippen molar-refractivity contribution in [3.05, 3.63) is 115 Å². The first-order valence-electron chi connectivity index (χ1n) is 13.2. The van der Waals surface area contributed by atoms with Crippen LogP contribution in [-0.2, 0) is 5.41 Å². The number of benzene rings is 4. The smallest absolute Gasteiger partial charge is 0.113 e. The molecule has 39 heavy (non-hydrogen) atoms. The van der Waals surface area contributed by atoms with E-state index < -0.39 is 0 Å². The van der Waals surface area contributed by atoms with Gasteiger partial charge in [-0.3, -0.25) is 0 Å². The van der Waals surface area contributed by atoms with Crippen LogP contribution in [0.2, 0.25) is 0 Å². The molecule has 0 atom stereocenters. The van der Waals surface area contributed by atoms with Gasteiger partial charge in [0.15, 0.2) is 0 Å². The summed E-state index contributed by atoms with van der Waals surface area (Å²) < 4.78 is 0. The van der Waals surface area contributed by atoms with Gasteiger partial charge in [-0.15, -0.1) is 10.2 Å². The SMILES string of the molecule is CC(C)(C)c1ccc(-c2ccc3ccc4ccc(-c5ccc(-n6nc7ccccc7n6)cc5)nc4c3n2)cc1. The van der Waals surface area contributed by atoms with E-state index in [2.05, 4.69) is 104 Å². The number of hydrogen-bond donors (Lipinski definition) is 0. The lowest BCUT2D eigenvalue weighted by Gasteiger charge is -2.19. The van der Waals surface area contributed by atoms with E-state index in [1.54, 1.807) is 4.80 Å². The molecule has 5 nitrogen and oxygen atoms in total. The van der Waals surface area contributed by atoms with Crippen molar-refractivity contribution in [1.29, 1.82) is 0 Å². The number of hydrogen-bond acceptors (Lipinski definition) is 4. The normalized spacial score (nSPS) is 12.0. The molecule has 0 aliphatic rings. The monoisotopic (exact) mass is 505 g/mol. The van der Waals surface area contributed by atoms with Crippen molar-refractivity contribution >= 4 is 32.8 Å². The molecular formula is C34H27N5. The van der Waals surface area contributed by atoms with Crippen LogP contribution in [0.3, 0.4) is 0 Å². The number of fused-ring (bicyclic) bond motifs is 4. The third-order valence-corrected chi connectivity index (χ3v) is 7.25. The van der Waals surface area contributed by atoms with E-state index in [0.717, 1.165) is 61.0 Å². The number of nitrogens with zero attached hydrogens (tertiary/aromatic N) is 5. The molecule has 7 aromatic rings. The van der Waals surface area contributed by atoms with Gasteiger partial charge in [0.2, 0.25) is 0 Å². The Morgan fingerprint density at radius 3 is 1.46 bits per heavy atom. The van der Waals surface area contributed by atoms with Crippen LogP contribution < -0.4 is 0 Å². The molecule has 188 valence electrons. The molecule has 3 heterocycles. The van der Waals surface area contributed by atoms with E-state index in [4.69, 9.17) is 9.97 Å². The van der Waals surface area contributed by atoms with Crippen LogP contribution >= 0.6 is 0 Å². The highest BCUT2D eigenvalue weighted by atomic mass is 15.5. The highest BCUT2D eigenvalue weighted by molar-refractivity contribution is 6.04. The molecule has 4 aromatic carbocycles. The Bertz CT molecular complexity index is 1950. The Balaban J connectivity index is 1.27. The molecule has 0 N–H and O–H groups in total. The second-order valence-corrected chi connectivity index (χ2v) is 11.0. The number of aromatic nitrogens is 5. The van der Waals surface area contributed by atoms with E-state index in [1.807, 2.05) is 36.4 Å². The van der Waals surface area contributed by atoms with Crippen LogP contribution in [0.15, 0.2) is 109 Å². The zero-order valence-electron chi connectivity index (χ0n) is 22.1. The second-order valence-electron chi connectivity index (χ2n) is 11.0. The number of rotatable bonds is 3. The van der Waals surface area contributed by atoms with Gasteiger partial charge < -0.3 is 0 Å². The van der Waals surface area contributed by atoms with E-state index >= 15 is 0 Å². The van der Waals surface area contributed by atoms with Gasteiger partial charge in [-0.05, 0) is 47.4 Å². The lowest BCUT2D eigenvalue weighted by atomic mass is 9.86. The largest absolute Gasteiger partial charge is 0.245 e. The lowest BCUT2D eigenvalue weighted by Crippen LogP contribution is -2.10. The van der Waals surface area contributed by atoms with Gasteiger partial charge >= 0.3 is 0 Å². The summed E-state index contributed by atoms with van der Waals surface area (Å²) in [6.45, 7) is 6.69. The van der Waals surface area contributed by atoms with E-state index in [1.165, 1.54) is 5.56 Å². The minimum Gasteiger partial charge on any atom is -0.245 e.